The normalized spacial score (nSPS) is 15.2. The maximum Gasteiger partial charge on any atom is 0.326 e. The first-order chi connectivity index (χ1) is 11.0. The van der Waals surface area contributed by atoms with E-state index in [0.29, 0.717) is 24.0 Å². The Labute approximate surface area is 133 Å². The summed E-state index contributed by atoms with van der Waals surface area (Å²) in [5.74, 6) is -0.412. The number of amides is 1. The molecule has 2 aromatic rings. The summed E-state index contributed by atoms with van der Waals surface area (Å²) in [6, 6.07) is 8.36. The van der Waals surface area contributed by atoms with Crippen molar-refractivity contribution in [3.05, 3.63) is 41.8 Å². The molecule has 6 nitrogen and oxygen atoms in total. The highest BCUT2D eigenvalue weighted by Crippen LogP contribution is 2.33. The third kappa shape index (κ3) is 3.59. The van der Waals surface area contributed by atoms with Crippen molar-refractivity contribution in [1.29, 1.82) is 0 Å². The van der Waals surface area contributed by atoms with Crippen LogP contribution in [0.2, 0.25) is 0 Å². The van der Waals surface area contributed by atoms with Crippen LogP contribution in [-0.2, 0) is 4.79 Å². The number of carboxylic acid groups (broad SMARTS) is 1. The quantitative estimate of drug-likeness (QED) is 0.855. The summed E-state index contributed by atoms with van der Waals surface area (Å²) in [7, 11) is 0. The highest BCUT2D eigenvalue weighted by Gasteiger charge is 2.31. The van der Waals surface area contributed by atoms with Crippen molar-refractivity contribution < 1.29 is 19.1 Å². The molecule has 0 aliphatic heterocycles. The molecule has 1 aromatic heterocycles. The van der Waals surface area contributed by atoms with Gasteiger partial charge in [0, 0.05) is 5.56 Å². The van der Waals surface area contributed by atoms with Gasteiger partial charge in [-0.3, -0.25) is 4.79 Å². The SMILES string of the molecule is Cc1oc(-c2ccccc2)nc1C(=O)NC(CC1CC1)C(=O)O. The van der Waals surface area contributed by atoms with Gasteiger partial charge in [-0.15, -0.1) is 0 Å². The van der Waals surface area contributed by atoms with Crippen molar-refractivity contribution in [3.8, 4) is 11.5 Å². The van der Waals surface area contributed by atoms with Gasteiger partial charge in [-0.2, -0.15) is 0 Å². The average Bonchev–Trinajstić information content (AvgIpc) is 3.27. The number of rotatable bonds is 6. The molecule has 1 aliphatic carbocycles. The number of benzene rings is 1. The number of aryl methyl sites for hydroxylation is 1. The van der Waals surface area contributed by atoms with Gasteiger partial charge in [-0.1, -0.05) is 31.0 Å². The number of carbonyl (C=O) groups is 2. The number of aliphatic carboxylic acids is 1. The molecule has 0 saturated heterocycles. The molecule has 0 bridgehead atoms. The third-order valence-electron chi connectivity index (χ3n) is 3.90. The zero-order chi connectivity index (χ0) is 16.4. The molecule has 1 fully saturated rings. The topological polar surface area (TPSA) is 92.4 Å². The molecule has 1 aromatic carbocycles. The van der Waals surface area contributed by atoms with Crippen LogP contribution in [0.5, 0.6) is 0 Å². The molecule has 0 spiro atoms. The van der Waals surface area contributed by atoms with Gasteiger partial charge in [0.1, 0.15) is 11.8 Å². The van der Waals surface area contributed by atoms with Gasteiger partial charge in [-0.05, 0) is 31.4 Å². The fourth-order valence-corrected chi connectivity index (χ4v) is 2.45. The Bertz CT molecular complexity index is 719. The van der Waals surface area contributed by atoms with Crippen LogP contribution in [-0.4, -0.2) is 28.0 Å². The van der Waals surface area contributed by atoms with Crippen molar-refractivity contribution in [2.45, 2.75) is 32.2 Å². The highest BCUT2D eigenvalue weighted by molar-refractivity contribution is 5.96. The van der Waals surface area contributed by atoms with Crippen LogP contribution in [0.4, 0.5) is 0 Å². The Morgan fingerprint density at radius 2 is 2.04 bits per heavy atom. The van der Waals surface area contributed by atoms with Crippen LogP contribution in [0.1, 0.15) is 35.5 Å². The molecule has 23 heavy (non-hydrogen) atoms. The van der Waals surface area contributed by atoms with Crippen LogP contribution < -0.4 is 5.32 Å². The van der Waals surface area contributed by atoms with Gasteiger partial charge in [0.15, 0.2) is 5.69 Å². The lowest BCUT2D eigenvalue weighted by atomic mass is 10.1. The molecule has 1 unspecified atom stereocenters. The predicted octanol–water partition coefficient (Wildman–Crippen LogP) is 2.63. The van der Waals surface area contributed by atoms with Crippen molar-refractivity contribution >= 4 is 11.9 Å². The van der Waals surface area contributed by atoms with Crippen LogP contribution in [0.25, 0.3) is 11.5 Å². The van der Waals surface area contributed by atoms with E-state index in [-0.39, 0.29) is 5.69 Å². The molecule has 1 saturated carbocycles. The Morgan fingerprint density at radius 1 is 1.35 bits per heavy atom. The van der Waals surface area contributed by atoms with E-state index in [1.807, 2.05) is 30.3 Å². The van der Waals surface area contributed by atoms with E-state index in [4.69, 9.17) is 4.42 Å². The van der Waals surface area contributed by atoms with E-state index >= 15 is 0 Å². The molecule has 6 heteroatoms. The molecule has 1 atom stereocenters. The first kappa shape index (κ1) is 15.3. The first-order valence-corrected chi connectivity index (χ1v) is 7.61. The van der Waals surface area contributed by atoms with Crippen LogP contribution in [0, 0.1) is 12.8 Å². The van der Waals surface area contributed by atoms with E-state index in [1.54, 1.807) is 6.92 Å². The number of hydrogen-bond donors (Lipinski definition) is 2. The molecule has 3 rings (SSSR count). The second-order valence-electron chi connectivity index (χ2n) is 5.83. The number of nitrogens with zero attached hydrogens (tertiary/aromatic N) is 1. The molecular formula is C17H18N2O4. The van der Waals surface area contributed by atoms with Crippen LogP contribution >= 0.6 is 0 Å². The van der Waals surface area contributed by atoms with Crippen molar-refractivity contribution in [2.24, 2.45) is 5.92 Å². The monoisotopic (exact) mass is 314 g/mol. The second kappa shape index (κ2) is 6.24. The van der Waals surface area contributed by atoms with Crippen LogP contribution in [0.15, 0.2) is 34.7 Å². The van der Waals surface area contributed by atoms with Gasteiger partial charge in [0.2, 0.25) is 5.89 Å². The Morgan fingerprint density at radius 3 is 2.65 bits per heavy atom. The third-order valence-corrected chi connectivity index (χ3v) is 3.90. The van der Waals surface area contributed by atoms with Crippen molar-refractivity contribution in [1.82, 2.24) is 10.3 Å². The summed E-state index contributed by atoms with van der Waals surface area (Å²) >= 11 is 0. The Hall–Kier alpha value is -2.63. The standard InChI is InChI=1S/C17H18N2O4/c1-10-14(19-16(23-10)12-5-3-2-4-6-12)15(20)18-13(17(21)22)9-11-7-8-11/h2-6,11,13H,7-9H2,1H3,(H,18,20)(H,21,22). The van der Waals surface area contributed by atoms with Gasteiger partial charge in [0.25, 0.3) is 5.91 Å². The first-order valence-electron chi connectivity index (χ1n) is 7.61. The minimum Gasteiger partial charge on any atom is -0.480 e. The Balaban J connectivity index is 1.76. The fraction of sp³-hybridized carbons (Fsp3) is 0.353. The molecule has 120 valence electrons. The van der Waals surface area contributed by atoms with Gasteiger partial charge in [0.05, 0.1) is 0 Å². The van der Waals surface area contributed by atoms with Crippen molar-refractivity contribution in [3.63, 3.8) is 0 Å². The minimum absolute atomic E-state index is 0.130. The summed E-state index contributed by atoms with van der Waals surface area (Å²) in [5, 5.41) is 11.8. The number of oxazole rings is 1. The number of nitrogens with one attached hydrogen (secondary N) is 1. The van der Waals surface area contributed by atoms with Crippen LogP contribution in [0.3, 0.4) is 0 Å². The predicted molar refractivity (Wildman–Crippen MR) is 82.9 cm³/mol. The zero-order valence-corrected chi connectivity index (χ0v) is 12.8. The summed E-state index contributed by atoms with van der Waals surface area (Å²) in [4.78, 5) is 27.8. The van der Waals surface area contributed by atoms with E-state index in [9.17, 15) is 14.7 Å². The second-order valence-corrected chi connectivity index (χ2v) is 5.83. The Kier molecular flexibility index (Phi) is 4.14. The smallest absolute Gasteiger partial charge is 0.326 e. The summed E-state index contributed by atoms with van der Waals surface area (Å²) in [6.07, 6.45) is 2.52. The molecule has 0 radical (unpaired) electrons. The molecule has 1 aliphatic rings. The number of aromatic nitrogens is 1. The van der Waals surface area contributed by atoms with E-state index in [0.717, 1.165) is 18.4 Å². The highest BCUT2D eigenvalue weighted by atomic mass is 16.4. The zero-order valence-electron chi connectivity index (χ0n) is 12.8. The summed E-state index contributed by atoms with van der Waals surface area (Å²) in [5.41, 5.74) is 0.897. The van der Waals surface area contributed by atoms with Gasteiger partial charge >= 0.3 is 5.97 Å². The fourth-order valence-electron chi connectivity index (χ4n) is 2.45. The number of hydrogen-bond acceptors (Lipinski definition) is 4. The lowest BCUT2D eigenvalue weighted by Crippen LogP contribution is -2.41. The minimum atomic E-state index is -1.02. The lowest BCUT2D eigenvalue weighted by molar-refractivity contribution is -0.139. The number of carbonyl (C=O) groups excluding carboxylic acids is 1. The van der Waals surface area contributed by atoms with Gasteiger partial charge in [-0.25, -0.2) is 9.78 Å². The molecular weight excluding hydrogens is 296 g/mol. The van der Waals surface area contributed by atoms with Crippen molar-refractivity contribution in [2.75, 3.05) is 0 Å². The maximum absolute atomic E-state index is 12.3. The largest absolute Gasteiger partial charge is 0.480 e. The number of carboxylic acids is 1. The lowest BCUT2D eigenvalue weighted by Gasteiger charge is -2.13. The molecule has 1 heterocycles. The van der Waals surface area contributed by atoms with E-state index in [2.05, 4.69) is 10.3 Å². The summed E-state index contributed by atoms with van der Waals surface area (Å²) in [6.45, 7) is 1.64. The van der Waals surface area contributed by atoms with E-state index < -0.39 is 17.9 Å². The molecule has 1 amide bonds. The molecule has 2 N–H and O–H groups in total. The summed E-state index contributed by atoms with van der Waals surface area (Å²) < 4.78 is 5.54. The maximum atomic E-state index is 12.3. The van der Waals surface area contributed by atoms with E-state index in [1.165, 1.54) is 0 Å². The van der Waals surface area contributed by atoms with Gasteiger partial charge < -0.3 is 14.8 Å². The average molecular weight is 314 g/mol.